The number of hydrogen-bond donors (Lipinski definition) is 1. The zero-order valence-corrected chi connectivity index (χ0v) is 16.9. The molecule has 2 amide bonds. The number of urea groups is 1. The summed E-state index contributed by atoms with van der Waals surface area (Å²) in [6, 6.07) is 14.4. The average molecular weight is 410 g/mol. The monoisotopic (exact) mass is 410 g/mol. The molecule has 0 unspecified atom stereocenters. The third-order valence-corrected chi connectivity index (χ3v) is 4.46. The number of amides is 2. The van der Waals surface area contributed by atoms with Crippen LogP contribution in [0.2, 0.25) is 0 Å². The summed E-state index contributed by atoms with van der Waals surface area (Å²) in [5, 5.41) is 17.6. The lowest BCUT2D eigenvalue weighted by atomic mass is 10.1. The number of methoxy groups -OCH3 is 1. The Hall–Kier alpha value is -3.88. The summed E-state index contributed by atoms with van der Waals surface area (Å²) < 4.78 is 10.7. The zero-order chi connectivity index (χ0) is 21.7. The molecule has 0 bridgehead atoms. The first-order chi connectivity index (χ1) is 14.4. The van der Waals surface area contributed by atoms with Gasteiger partial charge in [0.05, 0.1) is 18.6 Å². The molecule has 0 aliphatic carbocycles. The van der Waals surface area contributed by atoms with Crippen molar-refractivity contribution in [1.29, 1.82) is 0 Å². The van der Waals surface area contributed by atoms with E-state index < -0.39 is 4.92 Å². The van der Waals surface area contributed by atoms with Gasteiger partial charge in [0.25, 0.3) is 5.69 Å². The Morgan fingerprint density at radius 2 is 1.97 bits per heavy atom. The Morgan fingerprint density at radius 3 is 2.60 bits per heavy atom. The van der Waals surface area contributed by atoms with Gasteiger partial charge in [-0.15, -0.1) is 0 Å². The quantitative estimate of drug-likeness (QED) is 0.446. The van der Waals surface area contributed by atoms with Crippen molar-refractivity contribution < 1.29 is 19.0 Å². The van der Waals surface area contributed by atoms with Crippen LogP contribution in [0.25, 0.3) is 11.3 Å². The lowest BCUT2D eigenvalue weighted by molar-refractivity contribution is -0.384. The number of carbonyl (C=O) groups is 1. The van der Waals surface area contributed by atoms with Gasteiger partial charge in [-0.05, 0) is 38.1 Å². The molecule has 0 saturated heterocycles. The van der Waals surface area contributed by atoms with Gasteiger partial charge in [-0.1, -0.05) is 17.3 Å². The molecule has 156 valence electrons. The van der Waals surface area contributed by atoms with Crippen LogP contribution >= 0.6 is 0 Å². The molecule has 0 atom stereocenters. The molecule has 3 rings (SSSR count). The lowest BCUT2D eigenvalue weighted by Gasteiger charge is -2.26. The third kappa shape index (κ3) is 4.93. The number of hydrogen-bond acceptors (Lipinski definition) is 6. The molecule has 9 nitrogen and oxygen atoms in total. The molecule has 0 aliphatic heterocycles. The summed E-state index contributed by atoms with van der Waals surface area (Å²) in [6.07, 6.45) is 0. The number of rotatable bonds is 7. The first kappa shape index (κ1) is 20.8. The highest BCUT2D eigenvalue weighted by atomic mass is 16.6. The van der Waals surface area contributed by atoms with E-state index >= 15 is 0 Å². The van der Waals surface area contributed by atoms with Gasteiger partial charge in [0.1, 0.15) is 11.4 Å². The number of ether oxygens (including phenoxy) is 1. The maximum absolute atomic E-state index is 12.7. The second kappa shape index (κ2) is 9.08. The fourth-order valence-corrected chi connectivity index (χ4v) is 2.82. The highest BCUT2D eigenvalue weighted by Crippen LogP contribution is 2.25. The summed E-state index contributed by atoms with van der Waals surface area (Å²) in [6.45, 7) is 4.01. The Balaban J connectivity index is 1.71. The van der Waals surface area contributed by atoms with Crippen molar-refractivity contribution in [3.05, 3.63) is 70.4 Å². The smallest absolute Gasteiger partial charge is 0.322 e. The molecule has 2 aromatic carbocycles. The minimum Gasteiger partial charge on any atom is -0.497 e. The summed E-state index contributed by atoms with van der Waals surface area (Å²) in [5.74, 6) is 1.28. The number of nitrogens with zero attached hydrogens (tertiary/aromatic N) is 3. The predicted molar refractivity (Wildman–Crippen MR) is 111 cm³/mol. The molecule has 1 N–H and O–H groups in total. The van der Waals surface area contributed by atoms with E-state index in [4.69, 9.17) is 9.26 Å². The van der Waals surface area contributed by atoms with Gasteiger partial charge < -0.3 is 19.5 Å². The van der Waals surface area contributed by atoms with Gasteiger partial charge in [0.15, 0.2) is 5.76 Å². The van der Waals surface area contributed by atoms with Crippen LogP contribution in [0.4, 0.5) is 16.2 Å². The molecule has 1 aromatic heterocycles. The maximum Gasteiger partial charge on any atom is 0.322 e. The summed E-state index contributed by atoms with van der Waals surface area (Å²) >= 11 is 0. The van der Waals surface area contributed by atoms with Crippen molar-refractivity contribution in [2.75, 3.05) is 12.4 Å². The second-order valence-corrected chi connectivity index (χ2v) is 6.87. The van der Waals surface area contributed by atoms with Crippen LogP contribution in [0, 0.1) is 10.1 Å². The Labute approximate surface area is 173 Å². The number of non-ortho nitro benzene ring substituents is 1. The van der Waals surface area contributed by atoms with Crippen LogP contribution in [-0.4, -0.2) is 34.2 Å². The minimum atomic E-state index is -0.490. The summed E-state index contributed by atoms with van der Waals surface area (Å²) in [7, 11) is 1.59. The highest BCUT2D eigenvalue weighted by Gasteiger charge is 2.20. The number of carbonyl (C=O) groups excluding carboxylic acids is 1. The van der Waals surface area contributed by atoms with Crippen LogP contribution in [-0.2, 0) is 6.54 Å². The minimum absolute atomic E-state index is 0.0404. The largest absolute Gasteiger partial charge is 0.497 e. The maximum atomic E-state index is 12.7. The number of nitro groups is 1. The Kier molecular flexibility index (Phi) is 6.31. The average Bonchev–Trinajstić information content (AvgIpc) is 3.21. The molecular formula is C21H22N4O5. The SMILES string of the molecule is COc1cccc(-c2cc(CN(C(=O)Nc3ccc([N+](=O)[O-])cc3)C(C)C)no2)c1. The normalized spacial score (nSPS) is 10.7. The van der Waals surface area contributed by atoms with E-state index in [-0.39, 0.29) is 24.3 Å². The number of benzene rings is 2. The molecule has 0 radical (unpaired) electrons. The van der Waals surface area contributed by atoms with Crippen molar-refractivity contribution in [1.82, 2.24) is 10.1 Å². The molecule has 3 aromatic rings. The molecule has 30 heavy (non-hydrogen) atoms. The highest BCUT2D eigenvalue weighted by molar-refractivity contribution is 5.89. The van der Waals surface area contributed by atoms with Crippen molar-refractivity contribution in [3.8, 4) is 17.1 Å². The molecule has 0 fully saturated rings. The van der Waals surface area contributed by atoms with E-state index in [1.54, 1.807) is 18.1 Å². The summed E-state index contributed by atoms with van der Waals surface area (Å²) in [4.78, 5) is 24.6. The number of nitro benzene ring substituents is 1. The van der Waals surface area contributed by atoms with E-state index in [0.717, 1.165) is 5.56 Å². The fraction of sp³-hybridized carbons (Fsp3) is 0.238. The number of nitrogens with one attached hydrogen (secondary N) is 1. The molecule has 0 aliphatic rings. The first-order valence-electron chi connectivity index (χ1n) is 9.29. The van der Waals surface area contributed by atoms with Crippen molar-refractivity contribution in [2.45, 2.75) is 26.4 Å². The van der Waals surface area contributed by atoms with Gasteiger partial charge in [0, 0.05) is 35.5 Å². The van der Waals surface area contributed by atoms with Crippen molar-refractivity contribution in [3.63, 3.8) is 0 Å². The van der Waals surface area contributed by atoms with E-state index in [1.165, 1.54) is 24.3 Å². The van der Waals surface area contributed by atoms with Gasteiger partial charge >= 0.3 is 6.03 Å². The van der Waals surface area contributed by atoms with Crippen molar-refractivity contribution >= 4 is 17.4 Å². The molecular weight excluding hydrogens is 388 g/mol. The van der Waals surface area contributed by atoms with Gasteiger partial charge in [-0.25, -0.2) is 4.79 Å². The topological polar surface area (TPSA) is 111 Å². The Morgan fingerprint density at radius 1 is 1.23 bits per heavy atom. The van der Waals surface area contributed by atoms with Crippen LogP contribution in [0.1, 0.15) is 19.5 Å². The standard InChI is InChI=1S/C21H22N4O5/c1-14(2)24(21(26)22-16-7-9-18(10-8-16)25(27)28)13-17-12-20(30-23-17)15-5-4-6-19(11-15)29-3/h4-12,14H,13H2,1-3H3,(H,22,26). The Bertz CT molecular complexity index is 1030. The van der Waals surface area contributed by atoms with E-state index in [2.05, 4.69) is 10.5 Å². The predicted octanol–water partition coefficient (Wildman–Crippen LogP) is 4.70. The zero-order valence-electron chi connectivity index (χ0n) is 16.9. The first-order valence-corrected chi connectivity index (χ1v) is 9.29. The van der Waals surface area contributed by atoms with Crippen LogP contribution in [0.5, 0.6) is 5.75 Å². The van der Waals surface area contributed by atoms with Crippen LogP contribution < -0.4 is 10.1 Å². The fourth-order valence-electron chi connectivity index (χ4n) is 2.82. The molecule has 0 spiro atoms. The van der Waals surface area contributed by atoms with Crippen molar-refractivity contribution in [2.24, 2.45) is 0 Å². The lowest BCUT2D eigenvalue weighted by Crippen LogP contribution is -2.39. The molecule has 9 heteroatoms. The van der Waals surface area contributed by atoms with Gasteiger partial charge in [-0.3, -0.25) is 10.1 Å². The summed E-state index contributed by atoms with van der Waals surface area (Å²) in [5.41, 5.74) is 1.84. The van der Waals surface area contributed by atoms with E-state index in [9.17, 15) is 14.9 Å². The van der Waals surface area contributed by atoms with E-state index in [0.29, 0.717) is 22.9 Å². The molecule has 0 saturated carbocycles. The van der Waals surface area contributed by atoms with Crippen LogP contribution in [0.15, 0.2) is 59.1 Å². The van der Waals surface area contributed by atoms with Gasteiger partial charge in [-0.2, -0.15) is 0 Å². The van der Waals surface area contributed by atoms with Crippen LogP contribution in [0.3, 0.4) is 0 Å². The van der Waals surface area contributed by atoms with E-state index in [1.807, 2.05) is 38.1 Å². The van der Waals surface area contributed by atoms with Gasteiger partial charge in [0.2, 0.25) is 0 Å². The third-order valence-electron chi connectivity index (χ3n) is 4.46. The second-order valence-electron chi connectivity index (χ2n) is 6.87. The number of anilines is 1. The molecule has 1 heterocycles. The number of aromatic nitrogens is 1.